The Bertz CT molecular complexity index is 2340. The zero-order valence-electron chi connectivity index (χ0n) is 33.6. The summed E-state index contributed by atoms with van der Waals surface area (Å²) in [6.45, 7) is 15.7. The lowest BCUT2D eigenvalue weighted by atomic mass is 9.83. The first-order chi connectivity index (χ1) is 27.4. The van der Waals surface area contributed by atoms with Crippen molar-refractivity contribution in [2.45, 2.75) is 72.3 Å². The van der Waals surface area contributed by atoms with Crippen molar-refractivity contribution in [1.29, 1.82) is 0 Å². The first-order valence-corrected chi connectivity index (χ1v) is 18.8. The number of alkyl halides is 6. The summed E-state index contributed by atoms with van der Waals surface area (Å²) in [7, 11) is 0. The summed E-state index contributed by atoms with van der Waals surface area (Å²) >= 11 is 0. The van der Waals surface area contributed by atoms with Crippen LogP contribution >= 0.6 is 0 Å². The molecule has 5 aromatic carbocycles. The van der Waals surface area contributed by atoms with E-state index in [-0.39, 0.29) is 34.0 Å². The lowest BCUT2D eigenvalue weighted by Crippen LogP contribution is -2.26. The van der Waals surface area contributed by atoms with Crippen LogP contribution in [0.2, 0.25) is 0 Å². The van der Waals surface area contributed by atoms with E-state index in [1.54, 1.807) is 45.0 Å². The largest absolute Gasteiger partial charge is 0.417 e. The van der Waals surface area contributed by atoms with Gasteiger partial charge >= 0.3 is 12.4 Å². The van der Waals surface area contributed by atoms with Gasteiger partial charge in [-0.1, -0.05) is 70.2 Å². The summed E-state index contributed by atoms with van der Waals surface area (Å²) in [6, 6.07) is 24.2. The van der Waals surface area contributed by atoms with Crippen molar-refractivity contribution in [1.82, 2.24) is 0 Å². The molecule has 0 aromatic heterocycles. The summed E-state index contributed by atoms with van der Waals surface area (Å²) in [4.78, 5) is 26.2. The topological polar surface area (TPSA) is 108 Å². The Kier molecular flexibility index (Phi) is 12.6. The van der Waals surface area contributed by atoms with Crippen molar-refractivity contribution < 1.29 is 35.9 Å². The quantitative estimate of drug-likeness (QED) is 0.0637. The molecular weight excluding hydrogens is 769 g/mol. The van der Waals surface area contributed by atoms with Gasteiger partial charge in [-0.2, -0.15) is 26.3 Å². The summed E-state index contributed by atoms with van der Waals surface area (Å²) in [6.07, 6.45) is -8.03. The number of carbonyl (C=O) groups excluding carboxylic acids is 2. The van der Waals surface area contributed by atoms with Gasteiger partial charge in [0.15, 0.2) is 0 Å². The van der Waals surface area contributed by atoms with E-state index < -0.39 is 46.1 Å². The van der Waals surface area contributed by atoms with Gasteiger partial charge in [-0.25, -0.2) is 0 Å². The van der Waals surface area contributed by atoms with Crippen LogP contribution in [0.15, 0.2) is 110 Å². The molecule has 59 heavy (non-hydrogen) atoms. The van der Waals surface area contributed by atoms with Gasteiger partial charge < -0.3 is 27.0 Å². The average Bonchev–Trinajstić information content (AvgIpc) is 3.15. The number of halogens is 6. The van der Waals surface area contributed by atoms with E-state index in [0.717, 1.165) is 42.7 Å². The SMILES string of the molecule is C=C(Nc1ccc(-c2ccc(NC(C)(C)C)cc2C(F)(F)F)c(C(F)(F)F)c1)c1ccc(C(=O)Nc2ccc(N)c(NC(=O)c3ccc(CC(C)(C)CC)cc3)c2)cc1. The predicted molar refractivity (Wildman–Crippen MR) is 225 cm³/mol. The summed E-state index contributed by atoms with van der Waals surface area (Å²) < 4.78 is 85.8. The molecule has 0 radical (unpaired) electrons. The number of nitrogen functional groups attached to an aromatic ring is 1. The molecule has 7 nitrogen and oxygen atoms in total. The van der Waals surface area contributed by atoms with Crippen LogP contribution in [0.5, 0.6) is 0 Å². The molecule has 0 fully saturated rings. The Morgan fingerprint density at radius 1 is 0.593 bits per heavy atom. The maximum Gasteiger partial charge on any atom is 0.417 e. The third-order valence-corrected chi connectivity index (χ3v) is 9.67. The molecule has 0 heterocycles. The van der Waals surface area contributed by atoms with Crippen LogP contribution in [0.3, 0.4) is 0 Å². The number of amides is 2. The molecule has 310 valence electrons. The van der Waals surface area contributed by atoms with Crippen LogP contribution in [0.25, 0.3) is 16.8 Å². The Balaban J connectivity index is 1.27. The van der Waals surface area contributed by atoms with Crippen LogP contribution in [0, 0.1) is 5.41 Å². The molecule has 0 atom stereocenters. The van der Waals surface area contributed by atoms with E-state index in [1.807, 2.05) is 12.1 Å². The van der Waals surface area contributed by atoms with Gasteiger partial charge in [0.2, 0.25) is 0 Å². The van der Waals surface area contributed by atoms with E-state index in [1.165, 1.54) is 42.5 Å². The Labute approximate surface area is 340 Å². The van der Waals surface area contributed by atoms with Crippen molar-refractivity contribution in [3.63, 3.8) is 0 Å². The number of nitrogens with two attached hydrogens (primary N) is 1. The van der Waals surface area contributed by atoms with Crippen molar-refractivity contribution in [3.8, 4) is 11.1 Å². The van der Waals surface area contributed by atoms with Crippen molar-refractivity contribution in [2.24, 2.45) is 5.41 Å². The van der Waals surface area contributed by atoms with Crippen LogP contribution < -0.4 is 27.0 Å². The predicted octanol–water partition coefficient (Wildman–Crippen LogP) is 12.7. The molecular formula is C46H47F6N5O2. The third-order valence-electron chi connectivity index (χ3n) is 9.67. The highest BCUT2D eigenvalue weighted by atomic mass is 19.4. The van der Waals surface area contributed by atoms with Crippen molar-refractivity contribution in [3.05, 3.63) is 143 Å². The third kappa shape index (κ3) is 11.5. The van der Waals surface area contributed by atoms with Gasteiger partial charge in [0.1, 0.15) is 0 Å². The fourth-order valence-electron chi connectivity index (χ4n) is 6.28. The van der Waals surface area contributed by atoms with Crippen LogP contribution in [0.4, 0.5) is 54.8 Å². The maximum absolute atomic E-state index is 14.4. The van der Waals surface area contributed by atoms with E-state index in [4.69, 9.17) is 5.73 Å². The monoisotopic (exact) mass is 815 g/mol. The number of rotatable bonds is 12. The molecule has 0 aliphatic rings. The molecule has 0 saturated heterocycles. The van der Waals surface area contributed by atoms with Crippen molar-refractivity contribution in [2.75, 3.05) is 27.0 Å². The molecule has 0 saturated carbocycles. The molecule has 0 bridgehead atoms. The number of hydrogen-bond acceptors (Lipinski definition) is 5. The highest BCUT2D eigenvalue weighted by Gasteiger charge is 2.39. The first-order valence-electron chi connectivity index (χ1n) is 18.8. The van der Waals surface area contributed by atoms with Gasteiger partial charge in [-0.05, 0) is 122 Å². The molecule has 5 aromatic rings. The second kappa shape index (κ2) is 16.9. The van der Waals surface area contributed by atoms with E-state index >= 15 is 0 Å². The summed E-state index contributed by atoms with van der Waals surface area (Å²) in [5, 5.41) is 11.3. The minimum Gasteiger partial charge on any atom is -0.397 e. The number of hydrogen-bond donors (Lipinski definition) is 5. The molecule has 0 spiro atoms. The molecule has 0 aliphatic carbocycles. The zero-order chi connectivity index (χ0) is 43.5. The Morgan fingerprint density at radius 2 is 1.05 bits per heavy atom. The Hall–Kier alpha value is -6.24. The minimum atomic E-state index is -5.00. The molecule has 0 unspecified atom stereocenters. The van der Waals surface area contributed by atoms with Crippen LogP contribution in [-0.4, -0.2) is 17.4 Å². The van der Waals surface area contributed by atoms with E-state index in [2.05, 4.69) is 48.6 Å². The number of nitrogens with one attached hydrogen (secondary N) is 4. The lowest BCUT2D eigenvalue weighted by molar-refractivity contribution is -0.139. The van der Waals surface area contributed by atoms with E-state index in [9.17, 15) is 35.9 Å². The summed E-state index contributed by atoms with van der Waals surface area (Å²) in [5.41, 5.74) is 5.36. The Morgan fingerprint density at radius 3 is 1.58 bits per heavy atom. The minimum absolute atomic E-state index is 0.0632. The number of benzene rings is 5. The second-order valence-electron chi connectivity index (χ2n) is 16.2. The standard InChI is InChI=1S/C46H47F6N5O2/c1-8-44(6,7)26-28-9-11-30(12-10-28)42(59)56-40-25-33(19-22-39(40)53)55-41(58)31-15-13-29(14-16-31)27(2)54-32-17-20-35(37(23-32)45(47,48)49)36-21-18-34(57-43(3,4)5)24-38(36)46(50,51)52/h9-25,54,57H,2,8,26,53H2,1,3-7H3,(H,55,58)(H,56,59). The van der Waals surface area contributed by atoms with Crippen LogP contribution in [-0.2, 0) is 18.8 Å². The maximum atomic E-state index is 14.4. The lowest BCUT2D eigenvalue weighted by Gasteiger charge is -2.24. The number of carbonyl (C=O) groups is 2. The van der Waals surface area contributed by atoms with Crippen molar-refractivity contribution >= 4 is 45.9 Å². The molecule has 13 heteroatoms. The average molecular weight is 816 g/mol. The number of anilines is 5. The highest BCUT2D eigenvalue weighted by Crippen LogP contribution is 2.45. The molecule has 5 rings (SSSR count). The van der Waals surface area contributed by atoms with Gasteiger partial charge in [0.05, 0.1) is 22.5 Å². The normalized spacial score (nSPS) is 12.1. The smallest absolute Gasteiger partial charge is 0.397 e. The van der Waals surface area contributed by atoms with Gasteiger partial charge in [0.25, 0.3) is 11.8 Å². The second-order valence-corrected chi connectivity index (χ2v) is 16.2. The molecule has 0 aliphatic heterocycles. The van der Waals surface area contributed by atoms with Gasteiger partial charge in [-0.3, -0.25) is 9.59 Å². The van der Waals surface area contributed by atoms with Gasteiger partial charge in [0, 0.05) is 39.4 Å². The van der Waals surface area contributed by atoms with Gasteiger partial charge in [-0.15, -0.1) is 0 Å². The summed E-state index contributed by atoms with van der Waals surface area (Å²) in [5.74, 6) is -0.861. The first kappa shape index (κ1) is 43.9. The van der Waals surface area contributed by atoms with E-state index in [0.29, 0.717) is 28.2 Å². The fraction of sp³-hybridized carbons (Fsp3) is 0.261. The zero-order valence-corrected chi connectivity index (χ0v) is 33.6. The molecule has 6 N–H and O–H groups in total. The fourth-order valence-corrected chi connectivity index (χ4v) is 6.28. The highest BCUT2D eigenvalue weighted by molar-refractivity contribution is 6.08. The molecule has 2 amide bonds. The van der Waals surface area contributed by atoms with Crippen LogP contribution in [0.1, 0.15) is 90.9 Å².